The van der Waals surface area contributed by atoms with Crippen molar-refractivity contribution in [1.29, 1.82) is 0 Å². The molecule has 0 bridgehead atoms. The number of hydrogen-bond donors (Lipinski definition) is 0. The molecule has 3 rings (SSSR count). The van der Waals surface area contributed by atoms with Crippen LogP contribution in [-0.2, 0) is 85.7 Å². The van der Waals surface area contributed by atoms with Crippen molar-refractivity contribution in [3.8, 4) is 0 Å². The highest BCUT2D eigenvalue weighted by Gasteiger charge is 2.58. The number of hydrogen-bond acceptors (Lipinski definition) is 18. The van der Waals surface area contributed by atoms with Crippen LogP contribution in [0.1, 0.15) is 48.0 Å². The zero-order valence-corrected chi connectivity index (χ0v) is 25.4. The Morgan fingerprint density at radius 3 is 1.64 bits per heavy atom. The first-order valence-corrected chi connectivity index (χ1v) is 13.9. The third-order valence-corrected chi connectivity index (χ3v) is 6.46. The van der Waals surface area contributed by atoms with Crippen molar-refractivity contribution in [2.24, 2.45) is 0 Å². The number of fused-ring (bicyclic) bond motifs is 1. The molecule has 0 N–H and O–H groups in total. The Kier molecular flexibility index (Phi) is 12.7. The van der Waals surface area contributed by atoms with Crippen molar-refractivity contribution in [1.82, 2.24) is 0 Å². The number of aldehydes is 1. The smallest absolute Gasteiger partial charge is 0.303 e. The van der Waals surface area contributed by atoms with E-state index in [2.05, 4.69) is 0 Å². The van der Waals surface area contributed by atoms with Crippen molar-refractivity contribution in [3.63, 3.8) is 0 Å². The Hall–Kier alpha value is -3.71. The number of rotatable bonds is 11. The third-order valence-electron chi connectivity index (χ3n) is 6.46. The Morgan fingerprint density at radius 2 is 1.11 bits per heavy atom. The summed E-state index contributed by atoms with van der Waals surface area (Å²) in [5.41, 5.74) is 0. The normalized spacial score (nSPS) is 34.2. The molecule has 18 nitrogen and oxygen atoms in total. The molecule has 3 heterocycles. The molecule has 0 aromatic carbocycles. The van der Waals surface area contributed by atoms with Gasteiger partial charge in [-0.2, -0.15) is 0 Å². The largest absolute Gasteiger partial charge is 0.463 e. The molecule has 18 heteroatoms. The summed E-state index contributed by atoms with van der Waals surface area (Å²) in [4.78, 5) is 83.4. The van der Waals surface area contributed by atoms with Gasteiger partial charge in [0.15, 0.2) is 36.8 Å². The molecule has 3 aliphatic rings. The van der Waals surface area contributed by atoms with Crippen molar-refractivity contribution in [2.45, 2.75) is 116 Å². The van der Waals surface area contributed by atoms with Gasteiger partial charge < -0.3 is 56.9 Å². The Morgan fingerprint density at radius 1 is 0.622 bits per heavy atom. The summed E-state index contributed by atoms with van der Waals surface area (Å²) in [6.07, 6.45) is -15.0. The van der Waals surface area contributed by atoms with Gasteiger partial charge in [0.2, 0.25) is 12.6 Å². The van der Waals surface area contributed by atoms with Gasteiger partial charge in [0, 0.05) is 41.5 Å². The summed E-state index contributed by atoms with van der Waals surface area (Å²) in [5, 5.41) is 0. The summed E-state index contributed by atoms with van der Waals surface area (Å²) in [7, 11) is 0. The summed E-state index contributed by atoms with van der Waals surface area (Å²) in [6, 6.07) is 0. The van der Waals surface area contributed by atoms with E-state index < -0.39 is 110 Å². The predicted molar refractivity (Wildman–Crippen MR) is 138 cm³/mol. The SMILES string of the molecule is CC(=O)OC[C@H]1O[C@H](O[C@H]2O[C@@H]3COC(CC=O)O[C@H]3[C@H](OC(C)=O)[C@H]2OC(C)=O)[C@H](OC(C)=O)[C@@H](OC(C)=O)[C@@H]1OC(C)=O. The molecule has 45 heavy (non-hydrogen) atoms. The molecule has 0 aromatic heterocycles. The molecule has 0 radical (unpaired) electrons. The van der Waals surface area contributed by atoms with E-state index in [4.69, 9.17) is 52.1 Å². The lowest BCUT2D eigenvalue weighted by atomic mass is 9.96. The molecule has 3 fully saturated rings. The van der Waals surface area contributed by atoms with Crippen molar-refractivity contribution in [3.05, 3.63) is 0 Å². The van der Waals surface area contributed by atoms with E-state index >= 15 is 0 Å². The maximum absolute atomic E-state index is 12.2. The van der Waals surface area contributed by atoms with Gasteiger partial charge in [-0.15, -0.1) is 0 Å². The van der Waals surface area contributed by atoms with E-state index in [0.29, 0.717) is 6.29 Å². The summed E-state index contributed by atoms with van der Waals surface area (Å²) < 4.78 is 61.5. The van der Waals surface area contributed by atoms with E-state index in [-0.39, 0.29) is 13.0 Å². The quantitative estimate of drug-likeness (QED) is 0.149. The summed E-state index contributed by atoms with van der Waals surface area (Å²) >= 11 is 0. The molecule has 3 aliphatic heterocycles. The van der Waals surface area contributed by atoms with Crippen LogP contribution in [0.25, 0.3) is 0 Å². The van der Waals surface area contributed by atoms with Crippen molar-refractivity contribution in [2.75, 3.05) is 13.2 Å². The van der Waals surface area contributed by atoms with E-state index in [1.807, 2.05) is 0 Å². The van der Waals surface area contributed by atoms with Gasteiger partial charge in [0.05, 0.1) is 13.0 Å². The molecule has 3 saturated heterocycles. The lowest BCUT2D eigenvalue weighted by molar-refractivity contribution is -0.397. The molecule has 0 aliphatic carbocycles. The zero-order chi connectivity index (χ0) is 33.4. The molecular formula is C27H36O18. The predicted octanol–water partition coefficient (Wildman–Crippen LogP) is -0.995. The van der Waals surface area contributed by atoms with E-state index in [9.17, 15) is 33.6 Å². The monoisotopic (exact) mass is 648 g/mol. The molecule has 0 amide bonds. The van der Waals surface area contributed by atoms with Crippen LogP contribution in [0.3, 0.4) is 0 Å². The first kappa shape index (κ1) is 35.8. The van der Waals surface area contributed by atoms with E-state index in [1.54, 1.807) is 0 Å². The van der Waals surface area contributed by atoms with Gasteiger partial charge in [0.25, 0.3) is 0 Å². The van der Waals surface area contributed by atoms with Gasteiger partial charge in [-0.3, -0.25) is 28.8 Å². The standard InChI is InChI=1S/C27H36O18/c1-11(29)35-9-17-20(37-12(2)30)22(38-13(3)31)24(40-15(5)33)26(42-17)45-27-25(41-16(6)34)23(39-14(4)32)21-18(43-27)10-36-19(44-21)7-8-28/h8,17-27H,7,9-10H2,1-6H3/t17-,18-,19?,20-,21-,22+,23+,24-,25-,26-,27-/m1/s1. The lowest BCUT2D eigenvalue weighted by Crippen LogP contribution is -2.67. The first-order chi connectivity index (χ1) is 21.2. The van der Waals surface area contributed by atoms with Crippen LogP contribution in [0, 0.1) is 0 Å². The first-order valence-electron chi connectivity index (χ1n) is 13.9. The van der Waals surface area contributed by atoms with Gasteiger partial charge in [-0.1, -0.05) is 0 Å². The average molecular weight is 649 g/mol. The summed E-state index contributed by atoms with van der Waals surface area (Å²) in [5.74, 6) is -4.94. The second-order valence-corrected chi connectivity index (χ2v) is 10.2. The number of ether oxygens (including phenoxy) is 11. The van der Waals surface area contributed by atoms with E-state index in [0.717, 1.165) is 41.5 Å². The van der Waals surface area contributed by atoms with Crippen LogP contribution < -0.4 is 0 Å². The average Bonchev–Trinajstić information content (AvgIpc) is 2.92. The number of carbonyl (C=O) groups excluding carboxylic acids is 7. The van der Waals surface area contributed by atoms with Crippen LogP contribution >= 0.6 is 0 Å². The highest BCUT2D eigenvalue weighted by molar-refractivity contribution is 5.69. The molecule has 0 saturated carbocycles. The van der Waals surface area contributed by atoms with Crippen LogP contribution in [0.5, 0.6) is 0 Å². The van der Waals surface area contributed by atoms with Gasteiger partial charge in [-0.05, 0) is 0 Å². The molecular weight excluding hydrogens is 612 g/mol. The fraction of sp³-hybridized carbons (Fsp3) is 0.741. The highest BCUT2D eigenvalue weighted by Crippen LogP contribution is 2.36. The third kappa shape index (κ3) is 9.89. The van der Waals surface area contributed by atoms with Crippen LogP contribution in [-0.4, -0.2) is 123 Å². The van der Waals surface area contributed by atoms with Crippen LogP contribution in [0.15, 0.2) is 0 Å². The molecule has 0 aromatic rings. The minimum atomic E-state index is -1.73. The Bertz CT molecular complexity index is 1120. The van der Waals surface area contributed by atoms with Gasteiger partial charge in [0.1, 0.15) is 31.2 Å². The minimum Gasteiger partial charge on any atom is -0.463 e. The highest BCUT2D eigenvalue weighted by atomic mass is 16.8. The number of esters is 6. The topological polar surface area (TPSA) is 221 Å². The van der Waals surface area contributed by atoms with Crippen molar-refractivity contribution < 1.29 is 85.7 Å². The molecule has 11 atom stereocenters. The zero-order valence-electron chi connectivity index (χ0n) is 25.4. The lowest BCUT2D eigenvalue weighted by Gasteiger charge is -2.50. The molecule has 252 valence electrons. The minimum absolute atomic E-state index is 0.154. The Labute approximate surface area is 257 Å². The summed E-state index contributed by atoms with van der Waals surface area (Å²) in [6.45, 7) is 5.74. The number of carbonyl (C=O) groups is 7. The van der Waals surface area contributed by atoms with Crippen LogP contribution in [0.4, 0.5) is 0 Å². The second-order valence-electron chi connectivity index (χ2n) is 10.2. The second kappa shape index (κ2) is 16.0. The van der Waals surface area contributed by atoms with Gasteiger partial charge in [-0.25, -0.2) is 0 Å². The van der Waals surface area contributed by atoms with Crippen LogP contribution in [0.2, 0.25) is 0 Å². The maximum Gasteiger partial charge on any atom is 0.303 e. The molecule has 0 spiro atoms. The fourth-order valence-corrected chi connectivity index (χ4v) is 4.98. The Balaban J connectivity index is 2.04. The van der Waals surface area contributed by atoms with Gasteiger partial charge >= 0.3 is 35.8 Å². The molecule has 1 unspecified atom stereocenters. The maximum atomic E-state index is 12.2. The van der Waals surface area contributed by atoms with Crippen molar-refractivity contribution >= 4 is 42.1 Å². The van der Waals surface area contributed by atoms with E-state index in [1.165, 1.54) is 0 Å². The fourth-order valence-electron chi connectivity index (χ4n) is 4.98.